The Balaban J connectivity index is 3.60. The summed E-state index contributed by atoms with van der Waals surface area (Å²) in [6.07, 6.45) is 7.83. The van der Waals surface area contributed by atoms with Crippen LogP contribution in [0.5, 0.6) is 0 Å². The van der Waals surface area contributed by atoms with E-state index < -0.39 is 8.80 Å². The van der Waals surface area contributed by atoms with Gasteiger partial charge >= 0.3 is 8.80 Å². The molecule has 0 saturated heterocycles. The molecule has 0 atom stereocenters. The second kappa shape index (κ2) is 13.5. The van der Waals surface area contributed by atoms with Crippen molar-refractivity contribution in [3.63, 3.8) is 0 Å². The largest absolute Gasteiger partial charge is 0.500 e. The van der Waals surface area contributed by atoms with Crippen molar-refractivity contribution >= 4 is 18.3 Å². The summed E-state index contributed by atoms with van der Waals surface area (Å²) < 4.78 is 16.3. The van der Waals surface area contributed by atoms with E-state index in [4.69, 9.17) is 13.3 Å². The van der Waals surface area contributed by atoms with Crippen LogP contribution in [0.1, 0.15) is 38.5 Å². The minimum Gasteiger partial charge on any atom is -0.377 e. The molecule has 0 saturated carbocycles. The fourth-order valence-electron chi connectivity index (χ4n) is 3.09. The molecular weight excluding hydrogens is 324 g/mol. The van der Waals surface area contributed by atoms with Crippen molar-refractivity contribution in [3.05, 3.63) is 0 Å². The minimum atomic E-state index is -2.34. The first-order valence-corrected chi connectivity index (χ1v) is 12.7. The van der Waals surface area contributed by atoms with E-state index in [1.807, 2.05) is 0 Å². The van der Waals surface area contributed by atoms with E-state index in [2.05, 4.69) is 38.0 Å². The third kappa shape index (κ3) is 9.96. The van der Waals surface area contributed by atoms with Crippen LogP contribution in [0, 0.1) is 0 Å². The van der Waals surface area contributed by atoms with Crippen molar-refractivity contribution in [1.29, 1.82) is 0 Å². The van der Waals surface area contributed by atoms with Gasteiger partial charge in [-0.3, -0.25) is 9.80 Å². The highest BCUT2D eigenvalue weighted by molar-refractivity contribution is 6.60. The maximum absolute atomic E-state index is 5.45. The Morgan fingerprint density at radius 1 is 0.739 bits per heavy atom. The molecular formula is C16H40N2O3Si2. The lowest BCUT2D eigenvalue weighted by atomic mass is 10.1. The van der Waals surface area contributed by atoms with Crippen molar-refractivity contribution in [1.82, 2.24) is 9.80 Å². The lowest BCUT2D eigenvalue weighted by Gasteiger charge is -2.30. The second-order valence-electron chi connectivity index (χ2n) is 6.72. The molecule has 7 heteroatoms. The Morgan fingerprint density at radius 2 is 1.17 bits per heavy atom. The number of rotatable bonds is 15. The van der Waals surface area contributed by atoms with Crippen LogP contribution in [-0.2, 0) is 13.3 Å². The zero-order valence-corrected chi connectivity index (χ0v) is 19.0. The topological polar surface area (TPSA) is 34.2 Å². The highest BCUT2D eigenvalue weighted by Gasteiger charge is 2.36. The average molecular weight is 365 g/mol. The molecule has 0 N–H and O–H groups in total. The van der Waals surface area contributed by atoms with Crippen LogP contribution in [0.3, 0.4) is 0 Å². The number of nitrogens with zero attached hydrogens (tertiary/aromatic N) is 2. The van der Waals surface area contributed by atoms with E-state index in [0.29, 0.717) is 5.79 Å². The average Bonchev–Trinajstić information content (AvgIpc) is 2.52. The van der Waals surface area contributed by atoms with Gasteiger partial charge in [-0.15, -0.1) is 0 Å². The number of hydrogen-bond acceptors (Lipinski definition) is 5. The van der Waals surface area contributed by atoms with Gasteiger partial charge in [0.15, 0.2) is 0 Å². The van der Waals surface area contributed by atoms with E-state index in [1.54, 1.807) is 21.3 Å². The summed E-state index contributed by atoms with van der Waals surface area (Å²) in [7, 11) is 11.5. The molecule has 0 aromatic carbocycles. The van der Waals surface area contributed by atoms with Crippen LogP contribution in [0.15, 0.2) is 0 Å². The fraction of sp³-hybridized carbons (Fsp3) is 1.00. The van der Waals surface area contributed by atoms with Crippen molar-refractivity contribution in [2.45, 2.75) is 56.4 Å². The molecule has 5 nitrogen and oxygen atoms in total. The van der Waals surface area contributed by atoms with Gasteiger partial charge in [-0.05, 0) is 34.6 Å². The highest BCUT2D eigenvalue weighted by Crippen LogP contribution is 2.18. The first kappa shape index (κ1) is 23.2. The van der Waals surface area contributed by atoms with Crippen LogP contribution in [0.4, 0.5) is 0 Å². The highest BCUT2D eigenvalue weighted by atomic mass is 28.4. The van der Waals surface area contributed by atoms with Crippen molar-refractivity contribution in [3.8, 4) is 0 Å². The predicted molar refractivity (Wildman–Crippen MR) is 104 cm³/mol. The molecule has 0 aliphatic carbocycles. The molecule has 0 aromatic rings. The smallest absolute Gasteiger partial charge is 0.377 e. The molecule has 0 fully saturated rings. The van der Waals surface area contributed by atoms with Gasteiger partial charge in [0.05, 0.1) is 9.52 Å². The first-order valence-electron chi connectivity index (χ1n) is 8.90. The van der Waals surface area contributed by atoms with Crippen LogP contribution >= 0.6 is 0 Å². The Labute approximate surface area is 147 Å². The summed E-state index contributed by atoms with van der Waals surface area (Å²) >= 11 is 0. The summed E-state index contributed by atoms with van der Waals surface area (Å²) in [6, 6.07) is 2.38. The van der Waals surface area contributed by atoms with Gasteiger partial charge in [-0.25, -0.2) is 0 Å². The Bertz CT molecular complexity index is 262. The zero-order chi connectivity index (χ0) is 17.7. The third-order valence-corrected chi connectivity index (χ3v) is 10.3. The van der Waals surface area contributed by atoms with Gasteiger partial charge < -0.3 is 13.3 Å². The summed E-state index contributed by atoms with van der Waals surface area (Å²) in [5.41, 5.74) is 0. The predicted octanol–water partition coefficient (Wildman–Crippen LogP) is 2.20. The van der Waals surface area contributed by atoms with Gasteiger partial charge in [-0.1, -0.05) is 38.1 Å². The van der Waals surface area contributed by atoms with E-state index >= 15 is 0 Å². The van der Waals surface area contributed by atoms with Gasteiger partial charge in [0.2, 0.25) is 0 Å². The van der Waals surface area contributed by atoms with Crippen LogP contribution in [0.2, 0.25) is 12.1 Å². The molecule has 0 heterocycles. The summed E-state index contributed by atoms with van der Waals surface area (Å²) in [5.74, 6) is 0.699. The summed E-state index contributed by atoms with van der Waals surface area (Å²) in [5, 5.41) is 0. The molecule has 0 rings (SSSR count). The zero-order valence-electron chi connectivity index (χ0n) is 16.6. The fourth-order valence-corrected chi connectivity index (χ4v) is 6.92. The third-order valence-electron chi connectivity index (χ3n) is 4.57. The van der Waals surface area contributed by atoms with Gasteiger partial charge in [0.25, 0.3) is 0 Å². The summed E-state index contributed by atoms with van der Waals surface area (Å²) in [4.78, 5) is 4.73. The molecule has 0 unspecified atom stereocenters. The van der Waals surface area contributed by atoms with E-state index in [1.165, 1.54) is 38.1 Å². The normalized spacial score (nSPS) is 13.3. The quantitative estimate of drug-likeness (QED) is 0.253. The van der Waals surface area contributed by atoms with Crippen molar-refractivity contribution in [2.24, 2.45) is 0 Å². The molecule has 0 aromatic heterocycles. The Morgan fingerprint density at radius 3 is 1.61 bits per heavy atom. The standard InChI is InChI=1S/C16H40N2O3Si2/c1-17(2)16(18(3)4)22-14-12-10-8-9-11-13-15-23(19-5,20-6)21-7/h16H,8-15,22H2,1-7H3. The lowest BCUT2D eigenvalue weighted by Crippen LogP contribution is -2.44. The number of hydrogen-bond donors (Lipinski definition) is 0. The first-order chi connectivity index (χ1) is 10.9. The molecule has 0 aliphatic rings. The molecule has 140 valence electrons. The van der Waals surface area contributed by atoms with Crippen LogP contribution in [0.25, 0.3) is 0 Å². The maximum Gasteiger partial charge on any atom is 0.500 e. The Kier molecular flexibility index (Phi) is 13.7. The summed E-state index contributed by atoms with van der Waals surface area (Å²) in [6.45, 7) is 0. The molecule has 23 heavy (non-hydrogen) atoms. The van der Waals surface area contributed by atoms with Gasteiger partial charge in [-0.2, -0.15) is 0 Å². The van der Waals surface area contributed by atoms with E-state index in [0.717, 1.165) is 12.5 Å². The molecule has 0 bridgehead atoms. The lowest BCUT2D eigenvalue weighted by molar-refractivity contribution is 0.122. The van der Waals surface area contributed by atoms with Crippen LogP contribution in [-0.4, -0.2) is 83.4 Å². The molecule has 0 radical (unpaired) electrons. The minimum absolute atomic E-state index is 0.0340. The SMILES string of the molecule is CO[Si](CCCCCCCC[SiH2]C(N(C)C)N(C)C)(OC)OC. The Hall–Kier alpha value is 0.234. The van der Waals surface area contributed by atoms with Gasteiger partial charge in [0, 0.05) is 33.2 Å². The molecule has 0 amide bonds. The van der Waals surface area contributed by atoms with Crippen LogP contribution < -0.4 is 0 Å². The molecule has 0 aliphatic heterocycles. The van der Waals surface area contributed by atoms with Crippen molar-refractivity contribution in [2.75, 3.05) is 49.5 Å². The number of unbranched alkanes of at least 4 members (excludes halogenated alkanes) is 5. The monoisotopic (exact) mass is 364 g/mol. The van der Waals surface area contributed by atoms with E-state index in [-0.39, 0.29) is 9.52 Å². The second-order valence-corrected chi connectivity index (χ2v) is 11.8. The maximum atomic E-state index is 5.45. The van der Waals surface area contributed by atoms with E-state index in [9.17, 15) is 0 Å². The van der Waals surface area contributed by atoms with Crippen molar-refractivity contribution < 1.29 is 13.3 Å². The van der Waals surface area contributed by atoms with Gasteiger partial charge in [0.1, 0.15) is 0 Å². The molecule has 0 spiro atoms.